The van der Waals surface area contributed by atoms with Crippen LogP contribution in [-0.4, -0.2) is 31.5 Å². The molecule has 0 aliphatic carbocycles. The van der Waals surface area contributed by atoms with Crippen LogP contribution in [0.3, 0.4) is 0 Å². The van der Waals surface area contributed by atoms with E-state index < -0.39 is 21.9 Å². The number of amides is 1. The van der Waals surface area contributed by atoms with Crippen molar-refractivity contribution in [3.05, 3.63) is 22.4 Å². The molecule has 94 valence electrons. The lowest BCUT2D eigenvalue weighted by Gasteiger charge is -2.15. The molecule has 0 spiro atoms. The summed E-state index contributed by atoms with van der Waals surface area (Å²) in [6.45, 7) is 0.795. The van der Waals surface area contributed by atoms with Crippen LogP contribution in [0, 0.1) is 5.92 Å². The van der Waals surface area contributed by atoms with E-state index in [1.165, 1.54) is 0 Å². The van der Waals surface area contributed by atoms with Gasteiger partial charge < -0.3 is 4.90 Å². The number of carbonyl (C=O) groups excluding carboxylic acids is 1. The van der Waals surface area contributed by atoms with Crippen LogP contribution in [-0.2, 0) is 21.6 Å². The molecule has 0 aromatic carbocycles. The second kappa shape index (κ2) is 4.73. The number of halogens is 1. The highest BCUT2D eigenvalue weighted by Gasteiger charge is 2.32. The molecule has 1 aliphatic heterocycles. The molecule has 1 unspecified atom stereocenters. The first-order valence-electron chi connectivity index (χ1n) is 5.15. The maximum Gasteiger partial charge on any atom is 0.302 e. The van der Waals surface area contributed by atoms with Gasteiger partial charge in [-0.25, -0.2) is 0 Å². The predicted octanol–water partition coefficient (Wildman–Crippen LogP) is 1.40. The van der Waals surface area contributed by atoms with Gasteiger partial charge in [0, 0.05) is 25.4 Å². The lowest BCUT2D eigenvalue weighted by Crippen LogP contribution is -2.25. The average molecular weight is 277 g/mol. The Morgan fingerprint density at radius 3 is 2.88 bits per heavy atom. The SMILES string of the molecule is O=C1CC(CS(=O)(=O)F)CN1Cc1ccsc1. The molecule has 0 bridgehead atoms. The smallest absolute Gasteiger partial charge is 0.302 e. The minimum atomic E-state index is -4.49. The van der Waals surface area contributed by atoms with Crippen molar-refractivity contribution in [1.82, 2.24) is 4.90 Å². The van der Waals surface area contributed by atoms with Gasteiger partial charge in [0.1, 0.15) is 0 Å². The van der Waals surface area contributed by atoms with E-state index in [-0.39, 0.29) is 12.3 Å². The maximum absolute atomic E-state index is 12.5. The number of thiophene rings is 1. The van der Waals surface area contributed by atoms with Crippen molar-refractivity contribution in [3.8, 4) is 0 Å². The van der Waals surface area contributed by atoms with Crippen LogP contribution in [0.4, 0.5) is 3.89 Å². The van der Waals surface area contributed by atoms with Gasteiger partial charge >= 0.3 is 10.2 Å². The first-order valence-corrected chi connectivity index (χ1v) is 7.65. The summed E-state index contributed by atoms with van der Waals surface area (Å²) in [6.07, 6.45) is 0.118. The highest BCUT2D eigenvalue weighted by Crippen LogP contribution is 2.22. The topological polar surface area (TPSA) is 54.5 Å². The Labute approximate surface area is 103 Å². The van der Waals surface area contributed by atoms with E-state index in [4.69, 9.17) is 0 Å². The molecule has 1 aromatic rings. The highest BCUT2D eigenvalue weighted by atomic mass is 32.3. The lowest BCUT2D eigenvalue weighted by molar-refractivity contribution is -0.128. The van der Waals surface area contributed by atoms with Crippen molar-refractivity contribution in [1.29, 1.82) is 0 Å². The molecule has 17 heavy (non-hydrogen) atoms. The second-order valence-electron chi connectivity index (χ2n) is 4.18. The lowest BCUT2D eigenvalue weighted by atomic mass is 10.1. The minimum Gasteiger partial charge on any atom is -0.338 e. The van der Waals surface area contributed by atoms with Gasteiger partial charge in [-0.2, -0.15) is 19.8 Å². The first-order chi connectivity index (χ1) is 7.94. The number of nitrogens with zero attached hydrogens (tertiary/aromatic N) is 1. The number of carbonyl (C=O) groups is 1. The number of rotatable bonds is 4. The third kappa shape index (κ3) is 3.50. The van der Waals surface area contributed by atoms with E-state index >= 15 is 0 Å². The Morgan fingerprint density at radius 2 is 2.29 bits per heavy atom. The van der Waals surface area contributed by atoms with Gasteiger partial charge in [-0.1, -0.05) is 0 Å². The van der Waals surface area contributed by atoms with Crippen LogP contribution in [0.5, 0.6) is 0 Å². The summed E-state index contributed by atoms with van der Waals surface area (Å²) in [4.78, 5) is 13.2. The van der Waals surface area contributed by atoms with E-state index in [0.29, 0.717) is 13.1 Å². The van der Waals surface area contributed by atoms with Gasteiger partial charge in [0.15, 0.2) is 0 Å². The standard InChI is InChI=1S/C10H12FNO3S2/c11-17(14,15)7-9-3-10(13)12(5-9)4-8-1-2-16-6-8/h1-2,6,9H,3-5,7H2. The fraction of sp³-hybridized carbons (Fsp3) is 0.500. The summed E-state index contributed by atoms with van der Waals surface area (Å²) >= 11 is 1.54. The molecule has 1 aliphatic rings. The molecule has 0 N–H and O–H groups in total. The monoisotopic (exact) mass is 277 g/mol. The minimum absolute atomic E-state index is 0.107. The van der Waals surface area contributed by atoms with E-state index in [9.17, 15) is 17.1 Å². The fourth-order valence-corrected chi connectivity index (χ4v) is 3.45. The van der Waals surface area contributed by atoms with Crippen LogP contribution in [0.15, 0.2) is 16.8 Å². The molecule has 2 heterocycles. The zero-order valence-corrected chi connectivity index (χ0v) is 10.6. The molecule has 7 heteroatoms. The maximum atomic E-state index is 12.5. The molecule has 0 radical (unpaired) electrons. The van der Waals surface area contributed by atoms with E-state index in [0.717, 1.165) is 5.56 Å². The Bertz CT molecular complexity index is 498. The van der Waals surface area contributed by atoms with Gasteiger partial charge in [0.25, 0.3) is 0 Å². The fourth-order valence-electron chi connectivity index (χ4n) is 2.00. The number of likely N-dealkylation sites (tertiary alicyclic amines) is 1. The van der Waals surface area contributed by atoms with Gasteiger partial charge in [-0.05, 0) is 22.4 Å². The summed E-state index contributed by atoms with van der Waals surface area (Å²) in [5, 5.41) is 3.85. The van der Waals surface area contributed by atoms with Crippen molar-refractivity contribution in [3.63, 3.8) is 0 Å². The molecule has 1 amide bonds. The Balaban J connectivity index is 1.96. The van der Waals surface area contributed by atoms with Crippen molar-refractivity contribution in [2.45, 2.75) is 13.0 Å². The van der Waals surface area contributed by atoms with Crippen LogP contribution in [0.1, 0.15) is 12.0 Å². The third-order valence-electron chi connectivity index (χ3n) is 2.68. The third-order valence-corrected chi connectivity index (χ3v) is 4.28. The summed E-state index contributed by atoms with van der Waals surface area (Å²) in [5.41, 5.74) is 1.02. The van der Waals surface area contributed by atoms with Crippen molar-refractivity contribution in [2.24, 2.45) is 5.92 Å². The quantitative estimate of drug-likeness (QED) is 0.782. The van der Waals surface area contributed by atoms with Crippen LogP contribution >= 0.6 is 11.3 Å². The highest BCUT2D eigenvalue weighted by molar-refractivity contribution is 7.86. The Hall–Kier alpha value is -0.950. The Kier molecular flexibility index (Phi) is 3.48. The molecular formula is C10H12FNO3S2. The van der Waals surface area contributed by atoms with Gasteiger partial charge in [0.05, 0.1) is 5.75 Å². The molecule has 2 rings (SSSR count). The van der Waals surface area contributed by atoms with E-state index in [2.05, 4.69) is 0 Å². The van der Waals surface area contributed by atoms with E-state index in [1.54, 1.807) is 16.2 Å². The van der Waals surface area contributed by atoms with Crippen molar-refractivity contribution >= 4 is 27.5 Å². The van der Waals surface area contributed by atoms with Gasteiger partial charge in [0.2, 0.25) is 5.91 Å². The summed E-state index contributed by atoms with van der Waals surface area (Å²) < 4.78 is 33.6. The summed E-state index contributed by atoms with van der Waals surface area (Å²) in [5.74, 6) is -1.08. The largest absolute Gasteiger partial charge is 0.338 e. The van der Waals surface area contributed by atoms with Gasteiger partial charge in [-0.3, -0.25) is 4.79 Å². The predicted molar refractivity (Wildman–Crippen MR) is 62.7 cm³/mol. The molecular weight excluding hydrogens is 265 g/mol. The van der Waals surface area contributed by atoms with Crippen LogP contribution < -0.4 is 0 Å². The van der Waals surface area contributed by atoms with E-state index in [1.807, 2.05) is 16.8 Å². The summed E-state index contributed by atoms with van der Waals surface area (Å²) in [6, 6.07) is 1.91. The second-order valence-corrected chi connectivity index (χ2v) is 6.37. The van der Waals surface area contributed by atoms with Crippen LogP contribution in [0.25, 0.3) is 0 Å². The number of hydrogen-bond acceptors (Lipinski definition) is 4. The van der Waals surface area contributed by atoms with Crippen molar-refractivity contribution in [2.75, 3.05) is 12.3 Å². The van der Waals surface area contributed by atoms with Gasteiger partial charge in [-0.15, -0.1) is 3.89 Å². The van der Waals surface area contributed by atoms with Crippen molar-refractivity contribution < 1.29 is 17.1 Å². The molecule has 0 saturated carbocycles. The Morgan fingerprint density at radius 1 is 1.53 bits per heavy atom. The summed E-state index contributed by atoms with van der Waals surface area (Å²) in [7, 11) is -4.49. The molecule has 1 saturated heterocycles. The zero-order chi connectivity index (χ0) is 12.5. The zero-order valence-electron chi connectivity index (χ0n) is 9.00. The number of hydrogen-bond donors (Lipinski definition) is 0. The molecule has 1 atom stereocenters. The normalized spacial score (nSPS) is 21.1. The van der Waals surface area contributed by atoms with Crippen LogP contribution in [0.2, 0.25) is 0 Å². The first kappa shape index (κ1) is 12.5. The average Bonchev–Trinajstić information content (AvgIpc) is 2.75. The molecule has 4 nitrogen and oxygen atoms in total. The molecule has 1 fully saturated rings. The molecule has 1 aromatic heterocycles.